The molecule has 2 aliphatic heterocycles. The molecule has 1 unspecified atom stereocenters. The van der Waals surface area contributed by atoms with E-state index in [1.165, 1.54) is 11.1 Å². The molecule has 1 N–H and O–H groups in total. The summed E-state index contributed by atoms with van der Waals surface area (Å²) in [7, 11) is 0. The van der Waals surface area contributed by atoms with E-state index in [1.807, 2.05) is 56.3 Å². The number of carbonyl (C=O) groups is 2. The van der Waals surface area contributed by atoms with E-state index < -0.39 is 6.04 Å². The lowest BCUT2D eigenvalue weighted by Crippen LogP contribution is -2.62. The smallest absolute Gasteiger partial charge is 0.246 e. The van der Waals surface area contributed by atoms with Gasteiger partial charge in [0.25, 0.3) is 0 Å². The number of piperazine rings is 1. The van der Waals surface area contributed by atoms with Gasteiger partial charge in [0.1, 0.15) is 12.6 Å². The highest BCUT2D eigenvalue weighted by Gasteiger charge is 2.46. The van der Waals surface area contributed by atoms with E-state index in [4.69, 9.17) is 0 Å². The van der Waals surface area contributed by atoms with Crippen LogP contribution in [0.15, 0.2) is 48.5 Å². The van der Waals surface area contributed by atoms with Crippen molar-refractivity contribution in [2.45, 2.75) is 38.9 Å². The van der Waals surface area contributed by atoms with Gasteiger partial charge in [-0.2, -0.15) is 0 Å². The molecule has 0 bridgehead atoms. The summed E-state index contributed by atoms with van der Waals surface area (Å²) in [6.45, 7) is 4.67. The first-order chi connectivity index (χ1) is 13.5. The maximum Gasteiger partial charge on any atom is 0.246 e. The van der Waals surface area contributed by atoms with Crippen LogP contribution in [0.5, 0.6) is 0 Å². The maximum absolute atomic E-state index is 13.3. The fourth-order valence-corrected chi connectivity index (χ4v) is 4.68. The van der Waals surface area contributed by atoms with E-state index in [-0.39, 0.29) is 24.4 Å². The van der Waals surface area contributed by atoms with Crippen LogP contribution in [0.3, 0.4) is 0 Å². The summed E-state index contributed by atoms with van der Waals surface area (Å²) in [6, 6.07) is 15.7. The number of para-hydroxylation sites is 1. The Balaban J connectivity index is 1.49. The molecule has 1 aromatic heterocycles. The monoisotopic (exact) mass is 373 g/mol. The lowest BCUT2D eigenvalue weighted by molar-refractivity contribution is -0.159. The molecule has 0 aliphatic carbocycles. The minimum Gasteiger partial charge on any atom is -0.356 e. The molecule has 0 spiro atoms. The third-order valence-electron chi connectivity index (χ3n) is 6.12. The minimum absolute atomic E-state index is 0.0218. The fourth-order valence-electron chi connectivity index (χ4n) is 4.68. The maximum atomic E-state index is 13.3. The Labute approximate surface area is 163 Å². The van der Waals surface area contributed by atoms with Crippen molar-refractivity contribution in [3.63, 3.8) is 0 Å². The number of carbonyl (C=O) groups excluding carboxylic acids is 2. The molecule has 2 aliphatic rings. The number of aromatic nitrogens is 1. The van der Waals surface area contributed by atoms with E-state index >= 15 is 0 Å². The van der Waals surface area contributed by atoms with Crippen molar-refractivity contribution in [2.24, 2.45) is 0 Å². The average Bonchev–Trinajstić information content (AvgIpc) is 3.07. The van der Waals surface area contributed by atoms with Crippen LogP contribution in [0.1, 0.15) is 35.3 Å². The molecule has 2 aromatic carbocycles. The summed E-state index contributed by atoms with van der Waals surface area (Å²) in [5.41, 5.74) is 5.53. The molecule has 3 heterocycles. The molecule has 28 heavy (non-hydrogen) atoms. The second-order valence-corrected chi connectivity index (χ2v) is 7.94. The lowest BCUT2D eigenvalue weighted by Gasteiger charge is -2.46. The summed E-state index contributed by atoms with van der Waals surface area (Å²) >= 11 is 0. The van der Waals surface area contributed by atoms with Gasteiger partial charge < -0.3 is 14.8 Å². The van der Waals surface area contributed by atoms with Crippen LogP contribution in [-0.4, -0.2) is 39.2 Å². The van der Waals surface area contributed by atoms with Gasteiger partial charge in [0, 0.05) is 29.6 Å². The SMILES string of the molecule is Cc1ccc(CN2CC(=O)N3C(C)c4[nH]c5ccccc5c4C[C@H]3C2=O)cc1. The molecule has 1 fully saturated rings. The first kappa shape index (κ1) is 17.0. The number of aryl methyl sites for hydroxylation is 1. The standard InChI is InChI=1S/C23H23N3O2/c1-14-7-9-16(10-8-14)12-25-13-21(27)26-15(2)22-18(11-20(26)23(25)28)17-5-3-4-6-19(17)24-22/h3-10,15,20,24H,11-13H2,1-2H3/t15?,20-/m0/s1. The second-order valence-electron chi connectivity index (χ2n) is 7.94. The summed E-state index contributed by atoms with van der Waals surface area (Å²) in [6.07, 6.45) is 0.568. The normalized spacial score (nSPS) is 21.8. The van der Waals surface area contributed by atoms with Crippen molar-refractivity contribution in [2.75, 3.05) is 6.54 Å². The Bertz CT molecular complexity index is 1080. The molecular weight excluding hydrogens is 350 g/mol. The zero-order valence-corrected chi connectivity index (χ0v) is 16.1. The van der Waals surface area contributed by atoms with Gasteiger partial charge in [-0.25, -0.2) is 0 Å². The van der Waals surface area contributed by atoms with E-state index in [9.17, 15) is 9.59 Å². The first-order valence-electron chi connectivity index (χ1n) is 9.78. The Morgan fingerprint density at radius 3 is 2.61 bits per heavy atom. The molecule has 5 rings (SSSR count). The lowest BCUT2D eigenvalue weighted by atomic mass is 9.90. The van der Waals surface area contributed by atoms with Gasteiger partial charge in [0.05, 0.1) is 6.04 Å². The second kappa shape index (κ2) is 6.23. The Hall–Kier alpha value is -3.08. The highest BCUT2D eigenvalue weighted by molar-refractivity contribution is 5.97. The van der Waals surface area contributed by atoms with Gasteiger partial charge in [-0.15, -0.1) is 0 Å². The Kier molecular flexibility index (Phi) is 3.79. The molecular formula is C23H23N3O2. The van der Waals surface area contributed by atoms with Crippen molar-refractivity contribution in [1.29, 1.82) is 0 Å². The minimum atomic E-state index is -0.423. The van der Waals surface area contributed by atoms with Crippen LogP contribution in [0, 0.1) is 6.92 Å². The topological polar surface area (TPSA) is 56.4 Å². The van der Waals surface area contributed by atoms with Crippen LogP contribution in [-0.2, 0) is 22.6 Å². The quantitative estimate of drug-likeness (QED) is 0.749. The summed E-state index contributed by atoms with van der Waals surface area (Å²) in [5, 5.41) is 1.15. The third-order valence-corrected chi connectivity index (χ3v) is 6.12. The van der Waals surface area contributed by atoms with Crippen LogP contribution in [0.4, 0.5) is 0 Å². The number of H-pyrrole nitrogens is 1. The van der Waals surface area contributed by atoms with Gasteiger partial charge in [0.15, 0.2) is 0 Å². The largest absolute Gasteiger partial charge is 0.356 e. The molecule has 2 amide bonds. The molecule has 0 saturated carbocycles. The van der Waals surface area contributed by atoms with Crippen LogP contribution < -0.4 is 0 Å². The number of benzene rings is 2. The van der Waals surface area contributed by atoms with Crippen molar-refractivity contribution in [3.8, 4) is 0 Å². The predicted octanol–water partition coefficient (Wildman–Crippen LogP) is 3.33. The van der Waals surface area contributed by atoms with Crippen LogP contribution >= 0.6 is 0 Å². The molecule has 142 valence electrons. The van der Waals surface area contributed by atoms with Crippen molar-refractivity contribution >= 4 is 22.7 Å². The summed E-state index contributed by atoms with van der Waals surface area (Å²) < 4.78 is 0. The number of aromatic amines is 1. The van der Waals surface area contributed by atoms with Gasteiger partial charge in [-0.3, -0.25) is 9.59 Å². The highest BCUT2D eigenvalue weighted by Crippen LogP contribution is 2.39. The Morgan fingerprint density at radius 2 is 1.82 bits per heavy atom. The van der Waals surface area contributed by atoms with Crippen molar-refractivity contribution < 1.29 is 9.59 Å². The number of rotatable bonds is 2. The van der Waals surface area contributed by atoms with Gasteiger partial charge in [0.2, 0.25) is 11.8 Å². The molecule has 5 heteroatoms. The van der Waals surface area contributed by atoms with E-state index in [2.05, 4.69) is 11.1 Å². The Morgan fingerprint density at radius 1 is 1.07 bits per heavy atom. The number of nitrogens with zero attached hydrogens (tertiary/aromatic N) is 2. The van der Waals surface area contributed by atoms with Crippen molar-refractivity contribution in [3.05, 3.63) is 70.9 Å². The molecule has 3 aromatic rings. The number of amides is 2. The summed E-state index contributed by atoms with van der Waals surface area (Å²) in [4.78, 5) is 33.3. The zero-order chi connectivity index (χ0) is 19.4. The molecule has 2 atom stereocenters. The molecule has 1 saturated heterocycles. The van der Waals surface area contributed by atoms with Crippen molar-refractivity contribution in [1.82, 2.24) is 14.8 Å². The summed E-state index contributed by atoms with van der Waals surface area (Å²) in [5.74, 6) is 0.0662. The van der Waals surface area contributed by atoms with Gasteiger partial charge >= 0.3 is 0 Å². The number of nitrogens with one attached hydrogen (secondary N) is 1. The number of fused-ring (bicyclic) bond motifs is 4. The van der Waals surface area contributed by atoms with Gasteiger partial charge in [-0.05, 0) is 31.0 Å². The van der Waals surface area contributed by atoms with E-state index in [0.29, 0.717) is 13.0 Å². The zero-order valence-electron chi connectivity index (χ0n) is 16.1. The van der Waals surface area contributed by atoms with Crippen LogP contribution in [0.2, 0.25) is 0 Å². The fraction of sp³-hybridized carbons (Fsp3) is 0.304. The van der Waals surface area contributed by atoms with Gasteiger partial charge in [-0.1, -0.05) is 48.0 Å². The van der Waals surface area contributed by atoms with E-state index in [0.717, 1.165) is 22.2 Å². The number of hydrogen-bond donors (Lipinski definition) is 1. The third kappa shape index (κ3) is 2.53. The van der Waals surface area contributed by atoms with Crippen LogP contribution in [0.25, 0.3) is 10.9 Å². The predicted molar refractivity (Wildman–Crippen MR) is 108 cm³/mol. The van der Waals surface area contributed by atoms with E-state index in [1.54, 1.807) is 9.80 Å². The number of hydrogen-bond acceptors (Lipinski definition) is 2. The molecule has 0 radical (unpaired) electrons. The average molecular weight is 373 g/mol. The first-order valence-corrected chi connectivity index (χ1v) is 9.78. The molecule has 5 nitrogen and oxygen atoms in total. The highest BCUT2D eigenvalue weighted by atomic mass is 16.2.